The molecule has 0 heterocycles. The van der Waals surface area contributed by atoms with E-state index in [1.165, 1.54) is 0 Å². The highest BCUT2D eigenvalue weighted by Gasteiger charge is 2.20. The summed E-state index contributed by atoms with van der Waals surface area (Å²) in [5, 5.41) is 0. The molecule has 0 radical (unpaired) electrons. The molecule has 0 atom stereocenters. The van der Waals surface area contributed by atoms with E-state index in [-0.39, 0.29) is 0 Å². The van der Waals surface area contributed by atoms with Gasteiger partial charge >= 0.3 is 18.7 Å². The van der Waals surface area contributed by atoms with Crippen molar-refractivity contribution in [3.8, 4) is 0 Å². The average Bonchev–Trinajstić information content (AvgIpc) is 1.88. The molecule has 0 spiro atoms. The maximum absolute atomic E-state index is 9.93. The predicted molar refractivity (Wildman–Crippen MR) is 39.7 cm³/mol. The molecule has 0 aliphatic rings. The minimum absolute atomic E-state index is 0.553. The molecule has 74 valence electrons. The fourth-order valence-corrected chi connectivity index (χ4v) is 0.540. The first kappa shape index (κ1) is 14.1. The molecular formula is C4H10BF4NOS. The van der Waals surface area contributed by atoms with Crippen molar-refractivity contribution in [2.24, 2.45) is 0 Å². The third kappa shape index (κ3) is 22.6. The Morgan fingerprint density at radius 2 is 1.42 bits per heavy atom. The molecule has 0 amide bonds. The van der Waals surface area contributed by atoms with Gasteiger partial charge in [0.2, 0.25) is 0 Å². The second kappa shape index (κ2) is 7.26. The maximum atomic E-state index is 9.93. The van der Waals surface area contributed by atoms with Crippen LogP contribution in [0.4, 0.5) is 17.3 Å². The summed E-state index contributed by atoms with van der Waals surface area (Å²) in [6.45, 7) is 5.61. The normalized spacial score (nSPS) is 9.83. The van der Waals surface area contributed by atoms with Crippen molar-refractivity contribution in [3.63, 3.8) is 0 Å². The number of hydrogen-bond acceptors (Lipinski definition) is 1. The van der Waals surface area contributed by atoms with E-state index in [9.17, 15) is 21.5 Å². The molecule has 12 heavy (non-hydrogen) atoms. The molecule has 2 nitrogen and oxygen atoms in total. The molecule has 0 aliphatic carbocycles. The van der Waals surface area contributed by atoms with Crippen LogP contribution >= 0.6 is 0 Å². The largest absolute Gasteiger partial charge is 0.673 e. The first-order chi connectivity index (χ1) is 5.35. The van der Waals surface area contributed by atoms with Crippen LogP contribution in [0.1, 0.15) is 13.8 Å². The van der Waals surface area contributed by atoms with Crippen LogP contribution in [0.3, 0.4) is 0 Å². The highest BCUT2D eigenvalue weighted by molar-refractivity contribution is 7.51. The van der Waals surface area contributed by atoms with Crippen LogP contribution in [0, 0.1) is 0 Å². The number of nitrogens with zero attached hydrogens (tertiary/aromatic N) is 1. The van der Waals surface area contributed by atoms with Gasteiger partial charge in [-0.25, -0.2) is 0 Å². The van der Waals surface area contributed by atoms with Crippen molar-refractivity contribution in [1.29, 1.82) is 0 Å². The highest BCUT2D eigenvalue weighted by atomic mass is 32.1. The van der Waals surface area contributed by atoms with E-state index in [1.54, 1.807) is 3.95 Å². The molecule has 0 rings (SSSR count). The van der Waals surface area contributed by atoms with Crippen molar-refractivity contribution in [3.05, 3.63) is 0 Å². The van der Waals surface area contributed by atoms with Gasteiger partial charge in [-0.1, -0.05) is 0 Å². The molecule has 8 heteroatoms. The van der Waals surface area contributed by atoms with Crippen LogP contribution in [0.25, 0.3) is 0 Å². The van der Waals surface area contributed by atoms with Gasteiger partial charge in [-0.15, -0.1) is 8.15 Å². The number of rotatable bonds is 2. The molecule has 0 unspecified atom stereocenters. The number of hydrogen-bond donors (Lipinski definition) is 0. The van der Waals surface area contributed by atoms with E-state index >= 15 is 0 Å². The Balaban J connectivity index is 0. The summed E-state index contributed by atoms with van der Waals surface area (Å²) >= 11 is 0.553. The van der Waals surface area contributed by atoms with Crippen LogP contribution in [0.15, 0.2) is 0 Å². The van der Waals surface area contributed by atoms with Crippen LogP contribution < -0.4 is 0 Å². The van der Waals surface area contributed by atoms with Gasteiger partial charge in [-0.3, -0.25) is 0 Å². The molecular weight excluding hydrogens is 197 g/mol. The molecule has 0 fully saturated rings. The Morgan fingerprint density at radius 1 is 1.17 bits per heavy atom. The van der Waals surface area contributed by atoms with Gasteiger partial charge in [0.15, 0.2) is 13.1 Å². The summed E-state index contributed by atoms with van der Waals surface area (Å²) in [7, 11) is -6.00. The minimum atomic E-state index is -6.00. The summed E-state index contributed by atoms with van der Waals surface area (Å²) in [6, 6.07) is 0. The summed E-state index contributed by atoms with van der Waals surface area (Å²) in [5.74, 6) is 0. The molecule has 0 aromatic rings. The summed E-state index contributed by atoms with van der Waals surface area (Å²) in [6.07, 6.45) is 0. The molecule has 0 N–H and O–H groups in total. The van der Waals surface area contributed by atoms with Gasteiger partial charge in [0, 0.05) is 0 Å². The summed E-state index contributed by atoms with van der Waals surface area (Å²) < 4.78 is 50.7. The van der Waals surface area contributed by atoms with E-state index in [4.69, 9.17) is 0 Å². The molecule has 0 aromatic carbocycles. The zero-order valence-electron chi connectivity index (χ0n) is 6.77. The van der Waals surface area contributed by atoms with Gasteiger partial charge in [0.25, 0.3) is 0 Å². The lowest BCUT2D eigenvalue weighted by molar-refractivity contribution is -0.493. The Morgan fingerprint density at radius 3 is 1.42 bits per heavy atom. The standard InChI is InChI=1S/C4H10NOS.BF4/c1-3-5(4-2)7-6;2-1(3,4)5/h3-4H2,1-2H3;/q+1;-1. The molecule has 0 aromatic heterocycles. The summed E-state index contributed by atoms with van der Waals surface area (Å²) in [4.78, 5) is 0. The van der Waals surface area contributed by atoms with Crippen molar-refractivity contribution in [2.75, 3.05) is 13.1 Å². The van der Waals surface area contributed by atoms with E-state index in [0.29, 0.717) is 11.5 Å². The Labute approximate surface area is 71.9 Å². The van der Waals surface area contributed by atoms with Crippen LogP contribution in [-0.4, -0.2) is 28.5 Å². The first-order valence-electron chi connectivity index (χ1n) is 3.27. The van der Waals surface area contributed by atoms with E-state index in [2.05, 4.69) is 0 Å². The van der Waals surface area contributed by atoms with Crippen molar-refractivity contribution in [1.82, 2.24) is 0 Å². The lowest BCUT2D eigenvalue weighted by atomic mass is 10.3. The molecule has 0 saturated heterocycles. The highest BCUT2D eigenvalue weighted by Crippen LogP contribution is 2.06. The van der Waals surface area contributed by atoms with E-state index in [1.807, 2.05) is 13.8 Å². The predicted octanol–water partition coefficient (Wildman–Crippen LogP) is 1.74. The van der Waals surface area contributed by atoms with Gasteiger partial charge < -0.3 is 17.3 Å². The lowest BCUT2D eigenvalue weighted by Gasteiger charge is -1.94. The lowest BCUT2D eigenvalue weighted by Crippen LogP contribution is -2.05. The van der Waals surface area contributed by atoms with Crippen LogP contribution in [0.2, 0.25) is 0 Å². The Bertz CT molecular complexity index is 155. The smallest absolute Gasteiger partial charge is 0.418 e. The minimum Gasteiger partial charge on any atom is -0.418 e. The van der Waals surface area contributed by atoms with Gasteiger partial charge in [-0.05, 0) is 13.8 Å². The van der Waals surface area contributed by atoms with Gasteiger partial charge in [0.05, 0.1) is 0 Å². The second-order valence-electron chi connectivity index (χ2n) is 1.68. The third-order valence-corrected chi connectivity index (χ3v) is 1.54. The van der Waals surface area contributed by atoms with E-state index in [0.717, 1.165) is 13.1 Å². The fourth-order valence-electron chi connectivity index (χ4n) is 0.329. The van der Waals surface area contributed by atoms with Gasteiger partial charge in [-0.2, -0.15) is 0 Å². The van der Waals surface area contributed by atoms with Crippen molar-refractivity contribution >= 4 is 18.7 Å². The zero-order chi connectivity index (χ0) is 10.2. The fraction of sp³-hybridized carbons (Fsp3) is 1.00. The number of halogens is 4. The van der Waals surface area contributed by atoms with Crippen molar-refractivity contribution < 1.29 is 25.4 Å². The van der Waals surface area contributed by atoms with Crippen molar-refractivity contribution in [2.45, 2.75) is 13.8 Å². The monoisotopic (exact) mass is 207 g/mol. The molecule has 0 saturated carbocycles. The summed E-state index contributed by atoms with van der Waals surface area (Å²) in [5.41, 5.74) is 0. The molecule has 0 bridgehead atoms. The quantitative estimate of drug-likeness (QED) is 0.383. The van der Waals surface area contributed by atoms with E-state index < -0.39 is 7.25 Å². The second-order valence-corrected chi connectivity index (χ2v) is 2.35. The SMILES string of the molecule is CC[N+](CC)=S=O.F[B-](F)(F)F. The maximum Gasteiger partial charge on any atom is 0.673 e. The Kier molecular flexibility index (Phi) is 8.56. The third-order valence-electron chi connectivity index (χ3n) is 0.811. The molecule has 0 aliphatic heterocycles. The van der Waals surface area contributed by atoms with Crippen LogP contribution in [-0.2, 0) is 11.5 Å². The van der Waals surface area contributed by atoms with Gasteiger partial charge in [0.1, 0.15) is 0 Å². The topological polar surface area (TPSA) is 20.1 Å². The average molecular weight is 207 g/mol. The first-order valence-corrected chi connectivity index (χ1v) is 3.97. The van der Waals surface area contributed by atoms with Crippen LogP contribution in [0.5, 0.6) is 0 Å². The zero-order valence-corrected chi connectivity index (χ0v) is 7.58. The Hall–Kier alpha value is -0.395.